The molecule has 0 radical (unpaired) electrons. The lowest BCUT2D eigenvalue weighted by molar-refractivity contribution is -0.0646. The van der Waals surface area contributed by atoms with Crippen LogP contribution in [0.1, 0.15) is 51.0 Å². The van der Waals surface area contributed by atoms with Gasteiger partial charge in [-0.05, 0) is 31.6 Å². The number of aryl methyl sites for hydroxylation is 1. The second-order valence-electron chi connectivity index (χ2n) is 5.36. The summed E-state index contributed by atoms with van der Waals surface area (Å²) in [5.74, 6) is 1.97. The lowest BCUT2D eigenvalue weighted by atomic mass is 9.78. The molecule has 0 aliphatic heterocycles. The van der Waals surface area contributed by atoms with E-state index in [2.05, 4.69) is 23.8 Å². The molecule has 2 atom stereocenters. The van der Waals surface area contributed by atoms with Gasteiger partial charge in [-0.2, -0.15) is 0 Å². The molecular weight excluding hydrogens is 226 g/mol. The van der Waals surface area contributed by atoms with Gasteiger partial charge < -0.3 is 10.5 Å². The van der Waals surface area contributed by atoms with Crippen LogP contribution in [0.5, 0.6) is 0 Å². The molecule has 2 unspecified atom stereocenters. The van der Waals surface area contributed by atoms with E-state index in [9.17, 15) is 0 Å². The van der Waals surface area contributed by atoms with Crippen molar-refractivity contribution in [1.82, 2.24) is 9.97 Å². The van der Waals surface area contributed by atoms with Crippen molar-refractivity contribution in [3.05, 3.63) is 17.6 Å². The first-order valence-electron chi connectivity index (χ1n) is 6.78. The largest absolute Gasteiger partial charge is 0.384 e. The third-order valence-corrected chi connectivity index (χ3v) is 3.92. The third-order valence-electron chi connectivity index (χ3n) is 3.92. The van der Waals surface area contributed by atoms with E-state index in [1.54, 1.807) is 7.11 Å². The average Bonchev–Trinajstić information content (AvgIpc) is 2.37. The predicted octanol–water partition coefficient (Wildman–Crippen LogP) is 2.67. The number of methoxy groups -OCH3 is 1. The molecule has 1 saturated carbocycles. The van der Waals surface area contributed by atoms with Gasteiger partial charge in [0.15, 0.2) is 5.82 Å². The van der Waals surface area contributed by atoms with Crippen molar-refractivity contribution < 1.29 is 4.74 Å². The van der Waals surface area contributed by atoms with Crippen LogP contribution in [-0.4, -0.2) is 17.1 Å². The summed E-state index contributed by atoms with van der Waals surface area (Å²) in [6.07, 6.45) is 5.26. The molecule has 100 valence electrons. The Morgan fingerprint density at radius 1 is 1.50 bits per heavy atom. The topological polar surface area (TPSA) is 61.0 Å². The van der Waals surface area contributed by atoms with Crippen molar-refractivity contribution in [1.29, 1.82) is 0 Å². The van der Waals surface area contributed by atoms with Crippen LogP contribution in [0, 0.1) is 5.92 Å². The van der Waals surface area contributed by atoms with Gasteiger partial charge in [-0.1, -0.05) is 20.3 Å². The van der Waals surface area contributed by atoms with Gasteiger partial charge in [0, 0.05) is 18.9 Å². The van der Waals surface area contributed by atoms with Crippen LogP contribution < -0.4 is 5.73 Å². The Kier molecular flexibility index (Phi) is 3.85. The molecule has 0 bridgehead atoms. The van der Waals surface area contributed by atoms with E-state index < -0.39 is 0 Å². The first-order valence-corrected chi connectivity index (χ1v) is 6.78. The highest BCUT2D eigenvalue weighted by atomic mass is 16.5. The highest BCUT2D eigenvalue weighted by molar-refractivity contribution is 5.31. The fraction of sp³-hybridized carbons (Fsp3) is 0.714. The minimum absolute atomic E-state index is 0.336. The van der Waals surface area contributed by atoms with Crippen LogP contribution in [0.25, 0.3) is 0 Å². The molecule has 0 aromatic carbocycles. The zero-order chi connectivity index (χ0) is 13.2. The molecule has 1 heterocycles. The van der Waals surface area contributed by atoms with Crippen molar-refractivity contribution in [3.8, 4) is 0 Å². The van der Waals surface area contributed by atoms with Gasteiger partial charge in [0.1, 0.15) is 11.4 Å². The number of nitrogens with two attached hydrogens (primary N) is 1. The van der Waals surface area contributed by atoms with Gasteiger partial charge in [-0.3, -0.25) is 0 Å². The normalized spacial score (nSPS) is 28.3. The van der Waals surface area contributed by atoms with E-state index in [1.165, 1.54) is 6.42 Å². The summed E-state index contributed by atoms with van der Waals surface area (Å²) in [5.41, 5.74) is 6.54. The Morgan fingerprint density at radius 3 is 2.89 bits per heavy atom. The van der Waals surface area contributed by atoms with Gasteiger partial charge in [0.25, 0.3) is 0 Å². The summed E-state index contributed by atoms with van der Waals surface area (Å²) in [6.45, 7) is 4.34. The minimum atomic E-state index is -0.336. The summed E-state index contributed by atoms with van der Waals surface area (Å²) in [7, 11) is 1.76. The maximum atomic E-state index is 5.88. The number of aromatic nitrogens is 2. The van der Waals surface area contributed by atoms with Gasteiger partial charge >= 0.3 is 0 Å². The Labute approximate surface area is 109 Å². The van der Waals surface area contributed by atoms with Crippen molar-refractivity contribution in [2.24, 2.45) is 5.92 Å². The molecule has 1 aliphatic rings. The lowest BCUT2D eigenvalue weighted by Gasteiger charge is -2.37. The van der Waals surface area contributed by atoms with Gasteiger partial charge in [-0.15, -0.1) is 0 Å². The molecule has 18 heavy (non-hydrogen) atoms. The smallest absolute Gasteiger partial charge is 0.162 e. The van der Waals surface area contributed by atoms with Crippen LogP contribution in [0.2, 0.25) is 0 Å². The SMILES string of the molecule is CCc1cc(N)nc(C2(OC)CCCC(C)C2)n1. The molecular formula is C14H23N3O. The number of anilines is 1. The zero-order valence-electron chi connectivity index (χ0n) is 11.6. The number of nitrogen functional groups attached to an aromatic ring is 1. The molecule has 1 aliphatic carbocycles. The van der Waals surface area contributed by atoms with Gasteiger partial charge in [0.05, 0.1) is 0 Å². The summed E-state index contributed by atoms with van der Waals surface area (Å²) >= 11 is 0. The molecule has 1 aromatic heterocycles. The second-order valence-corrected chi connectivity index (χ2v) is 5.36. The minimum Gasteiger partial charge on any atom is -0.384 e. The molecule has 2 N–H and O–H groups in total. The number of nitrogens with zero attached hydrogens (tertiary/aromatic N) is 2. The number of ether oxygens (including phenoxy) is 1. The van der Waals surface area contributed by atoms with Crippen molar-refractivity contribution in [3.63, 3.8) is 0 Å². The third kappa shape index (κ3) is 2.48. The van der Waals surface area contributed by atoms with Crippen molar-refractivity contribution >= 4 is 5.82 Å². The molecule has 0 amide bonds. The lowest BCUT2D eigenvalue weighted by Crippen LogP contribution is -2.36. The molecule has 2 rings (SSSR count). The summed E-state index contributed by atoms with van der Waals surface area (Å²) in [5, 5.41) is 0. The molecule has 4 heteroatoms. The predicted molar refractivity (Wildman–Crippen MR) is 72.1 cm³/mol. The van der Waals surface area contributed by atoms with Crippen LogP contribution >= 0.6 is 0 Å². The molecule has 1 fully saturated rings. The standard InChI is InChI=1S/C14H23N3O/c1-4-11-8-12(15)17-13(16-11)14(18-3)7-5-6-10(2)9-14/h8,10H,4-7,9H2,1-3H3,(H2,15,16,17). The van der Waals surface area contributed by atoms with E-state index in [4.69, 9.17) is 10.5 Å². The number of rotatable bonds is 3. The van der Waals surface area contributed by atoms with E-state index >= 15 is 0 Å². The van der Waals surface area contributed by atoms with Crippen molar-refractivity contribution in [2.75, 3.05) is 12.8 Å². The first kappa shape index (κ1) is 13.3. The molecule has 1 aromatic rings. The van der Waals surface area contributed by atoms with E-state index in [1.807, 2.05) is 6.07 Å². The van der Waals surface area contributed by atoms with Crippen LogP contribution in [0.3, 0.4) is 0 Å². The van der Waals surface area contributed by atoms with Crippen LogP contribution in [-0.2, 0) is 16.8 Å². The zero-order valence-corrected chi connectivity index (χ0v) is 11.6. The monoisotopic (exact) mass is 249 g/mol. The first-order chi connectivity index (χ1) is 8.59. The van der Waals surface area contributed by atoms with E-state index in [0.717, 1.165) is 37.2 Å². The fourth-order valence-electron chi connectivity index (χ4n) is 2.89. The van der Waals surface area contributed by atoms with Crippen LogP contribution in [0.4, 0.5) is 5.82 Å². The quantitative estimate of drug-likeness (QED) is 0.894. The summed E-state index contributed by atoms with van der Waals surface area (Å²) in [6, 6.07) is 1.85. The Morgan fingerprint density at radius 2 is 2.28 bits per heavy atom. The highest BCUT2D eigenvalue weighted by Gasteiger charge is 2.39. The maximum absolute atomic E-state index is 5.88. The van der Waals surface area contributed by atoms with Gasteiger partial charge in [0.2, 0.25) is 0 Å². The maximum Gasteiger partial charge on any atom is 0.162 e. The van der Waals surface area contributed by atoms with Crippen LogP contribution in [0.15, 0.2) is 6.07 Å². The Balaban J connectivity index is 2.40. The molecule has 0 spiro atoms. The van der Waals surface area contributed by atoms with Gasteiger partial charge in [-0.25, -0.2) is 9.97 Å². The number of hydrogen-bond acceptors (Lipinski definition) is 4. The van der Waals surface area contributed by atoms with E-state index in [-0.39, 0.29) is 5.60 Å². The summed E-state index contributed by atoms with van der Waals surface area (Å²) < 4.78 is 5.81. The molecule has 0 saturated heterocycles. The second kappa shape index (κ2) is 5.22. The molecule has 4 nitrogen and oxygen atoms in total. The Bertz CT molecular complexity index is 422. The average molecular weight is 249 g/mol. The Hall–Kier alpha value is -1.16. The fourth-order valence-corrected chi connectivity index (χ4v) is 2.89. The van der Waals surface area contributed by atoms with Crippen molar-refractivity contribution in [2.45, 2.75) is 51.6 Å². The highest BCUT2D eigenvalue weighted by Crippen LogP contribution is 2.41. The summed E-state index contributed by atoms with van der Waals surface area (Å²) in [4.78, 5) is 9.06. The number of hydrogen-bond donors (Lipinski definition) is 1. The van der Waals surface area contributed by atoms with E-state index in [0.29, 0.717) is 11.7 Å².